The van der Waals surface area contributed by atoms with Gasteiger partial charge in [0.25, 0.3) is 5.91 Å². The standard InChI is InChI=1S/C18H18N6O/c1-23(2)13-5-3-12(4-6-13)17-19-8-7-14(21-17)15-11-16-18(25)20-9-10-24(16)22-15/h3-8,11H,9-10H2,1-2H3,(H,20,25). The van der Waals surface area contributed by atoms with Gasteiger partial charge in [-0.15, -0.1) is 0 Å². The molecule has 0 aliphatic carbocycles. The largest absolute Gasteiger partial charge is 0.378 e. The molecule has 1 N–H and O–H groups in total. The van der Waals surface area contributed by atoms with Gasteiger partial charge in [0.1, 0.15) is 11.4 Å². The lowest BCUT2D eigenvalue weighted by Crippen LogP contribution is -2.35. The number of anilines is 1. The van der Waals surface area contributed by atoms with Crippen molar-refractivity contribution in [1.82, 2.24) is 25.1 Å². The van der Waals surface area contributed by atoms with E-state index in [1.54, 1.807) is 16.9 Å². The molecule has 0 radical (unpaired) electrons. The summed E-state index contributed by atoms with van der Waals surface area (Å²) in [5.74, 6) is 0.539. The molecule has 0 atom stereocenters. The molecular weight excluding hydrogens is 316 g/mol. The maximum atomic E-state index is 11.9. The van der Waals surface area contributed by atoms with E-state index in [4.69, 9.17) is 0 Å². The summed E-state index contributed by atoms with van der Waals surface area (Å²) in [5, 5.41) is 7.32. The Hall–Kier alpha value is -3.22. The summed E-state index contributed by atoms with van der Waals surface area (Å²) in [7, 11) is 4.01. The van der Waals surface area contributed by atoms with Crippen molar-refractivity contribution in [2.75, 3.05) is 25.5 Å². The first-order valence-electron chi connectivity index (χ1n) is 8.09. The van der Waals surface area contributed by atoms with Gasteiger partial charge in [0.15, 0.2) is 5.82 Å². The first-order valence-corrected chi connectivity index (χ1v) is 8.09. The summed E-state index contributed by atoms with van der Waals surface area (Å²) in [4.78, 5) is 22.9. The van der Waals surface area contributed by atoms with Gasteiger partial charge in [-0.05, 0) is 36.4 Å². The van der Waals surface area contributed by atoms with Crippen LogP contribution >= 0.6 is 0 Å². The van der Waals surface area contributed by atoms with Crippen molar-refractivity contribution in [3.8, 4) is 22.8 Å². The lowest BCUT2D eigenvalue weighted by molar-refractivity contribution is 0.0924. The number of carbonyl (C=O) groups is 1. The van der Waals surface area contributed by atoms with Gasteiger partial charge >= 0.3 is 0 Å². The highest BCUT2D eigenvalue weighted by molar-refractivity contribution is 5.94. The van der Waals surface area contributed by atoms with Crippen molar-refractivity contribution in [1.29, 1.82) is 0 Å². The summed E-state index contributed by atoms with van der Waals surface area (Å²) >= 11 is 0. The lowest BCUT2D eigenvalue weighted by Gasteiger charge is -2.13. The zero-order valence-electron chi connectivity index (χ0n) is 14.1. The molecule has 0 unspecified atom stereocenters. The number of carbonyl (C=O) groups excluding carboxylic acids is 1. The highest BCUT2D eigenvalue weighted by atomic mass is 16.2. The van der Waals surface area contributed by atoms with Crippen LogP contribution < -0.4 is 10.2 Å². The molecule has 25 heavy (non-hydrogen) atoms. The monoisotopic (exact) mass is 334 g/mol. The Morgan fingerprint density at radius 2 is 1.92 bits per heavy atom. The van der Waals surface area contributed by atoms with Gasteiger partial charge in [-0.3, -0.25) is 9.48 Å². The molecule has 0 bridgehead atoms. The molecule has 7 nitrogen and oxygen atoms in total. The van der Waals surface area contributed by atoms with Crippen molar-refractivity contribution in [3.05, 3.63) is 48.3 Å². The van der Waals surface area contributed by atoms with Gasteiger partial charge in [0, 0.05) is 38.1 Å². The van der Waals surface area contributed by atoms with Crippen molar-refractivity contribution < 1.29 is 4.79 Å². The second-order valence-corrected chi connectivity index (χ2v) is 6.10. The predicted octanol–water partition coefficient (Wildman–Crippen LogP) is 1.82. The third kappa shape index (κ3) is 2.84. The third-order valence-corrected chi connectivity index (χ3v) is 4.18. The van der Waals surface area contributed by atoms with Gasteiger partial charge in [-0.25, -0.2) is 9.97 Å². The maximum absolute atomic E-state index is 11.9. The van der Waals surface area contributed by atoms with Crippen LogP contribution in [0.2, 0.25) is 0 Å². The Morgan fingerprint density at radius 3 is 2.64 bits per heavy atom. The summed E-state index contributed by atoms with van der Waals surface area (Å²) in [6.07, 6.45) is 1.72. The topological polar surface area (TPSA) is 75.9 Å². The predicted molar refractivity (Wildman–Crippen MR) is 95.3 cm³/mol. The summed E-state index contributed by atoms with van der Waals surface area (Å²) in [6, 6.07) is 11.6. The van der Waals surface area contributed by atoms with Crippen LogP contribution in [0.15, 0.2) is 42.6 Å². The van der Waals surface area contributed by atoms with Crippen LogP contribution in [0.25, 0.3) is 22.8 Å². The molecule has 0 fully saturated rings. The molecule has 3 aromatic rings. The number of rotatable bonds is 3. The van der Waals surface area contributed by atoms with Crippen molar-refractivity contribution in [2.24, 2.45) is 0 Å². The molecule has 1 amide bonds. The Morgan fingerprint density at radius 1 is 1.12 bits per heavy atom. The van der Waals surface area contributed by atoms with Crippen LogP contribution in [0.1, 0.15) is 10.5 Å². The zero-order chi connectivity index (χ0) is 17.4. The molecule has 2 aromatic heterocycles. The number of amides is 1. The minimum absolute atomic E-state index is 0.0986. The smallest absolute Gasteiger partial charge is 0.269 e. The molecule has 1 aromatic carbocycles. The number of nitrogens with one attached hydrogen (secondary N) is 1. The van der Waals surface area contributed by atoms with Gasteiger partial charge in [-0.2, -0.15) is 5.10 Å². The maximum Gasteiger partial charge on any atom is 0.269 e. The number of nitrogens with zero attached hydrogens (tertiary/aromatic N) is 5. The Bertz CT molecular complexity index is 929. The van der Waals surface area contributed by atoms with Crippen LogP contribution in [0.3, 0.4) is 0 Å². The number of fused-ring (bicyclic) bond motifs is 1. The molecule has 1 aliphatic rings. The summed E-state index contributed by atoms with van der Waals surface area (Å²) in [5.41, 5.74) is 4.01. The highest BCUT2D eigenvalue weighted by Crippen LogP contribution is 2.23. The highest BCUT2D eigenvalue weighted by Gasteiger charge is 2.20. The molecule has 0 saturated heterocycles. The van der Waals surface area contributed by atoms with Crippen LogP contribution in [0, 0.1) is 0 Å². The lowest BCUT2D eigenvalue weighted by atomic mass is 10.1. The average molecular weight is 334 g/mol. The zero-order valence-corrected chi connectivity index (χ0v) is 14.1. The van der Waals surface area contributed by atoms with Crippen LogP contribution in [0.4, 0.5) is 5.69 Å². The van der Waals surface area contributed by atoms with Crippen LogP contribution in [-0.4, -0.2) is 46.3 Å². The number of hydrogen-bond donors (Lipinski definition) is 1. The molecule has 126 valence electrons. The van der Waals surface area contributed by atoms with E-state index in [2.05, 4.69) is 20.4 Å². The van der Waals surface area contributed by atoms with Gasteiger partial charge in [-0.1, -0.05) is 0 Å². The minimum atomic E-state index is -0.0986. The van der Waals surface area contributed by atoms with E-state index < -0.39 is 0 Å². The fourth-order valence-corrected chi connectivity index (χ4v) is 2.81. The van der Waals surface area contributed by atoms with E-state index in [-0.39, 0.29) is 5.91 Å². The Labute approximate surface area is 145 Å². The van der Waals surface area contributed by atoms with E-state index in [1.807, 2.05) is 49.3 Å². The van der Waals surface area contributed by atoms with Crippen molar-refractivity contribution in [2.45, 2.75) is 6.54 Å². The SMILES string of the molecule is CN(C)c1ccc(-c2nccc(-c3cc4n(n3)CCNC4=O)n2)cc1. The summed E-state index contributed by atoms with van der Waals surface area (Å²) in [6.45, 7) is 1.27. The van der Waals surface area contributed by atoms with Gasteiger partial charge in [0.05, 0.1) is 12.2 Å². The molecule has 7 heteroatoms. The Balaban J connectivity index is 1.69. The second kappa shape index (κ2) is 6.01. The fourth-order valence-electron chi connectivity index (χ4n) is 2.81. The third-order valence-electron chi connectivity index (χ3n) is 4.18. The molecule has 4 rings (SSSR count). The van der Waals surface area contributed by atoms with E-state index in [1.165, 1.54) is 0 Å². The first-order chi connectivity index (χ1) is 12.1. The molecule has 0 saturated carbocycles. The van der Waals surface area contributed by atoms with Crippen LogP contribution in [0.5, 0.6) is 0 Å². The fraction of sp³-hybridized carbons (Fsp3) is 0.222. The molecule has 1 aliphatic heterocycles. The number of benzene rings is 1. The summed E-state index contributed by atoms with van der Waals surface area (Å²) < 4.78 is 1.72. The molecule has 3 heterocycles. The van der Waals surface area contributed by atoms with E-state index >= 15 is 0 Å². The number of hydrogen-bond acceptors (Lipinski definition) is 5. The Kier molecular flexibility index (Phi) is 3.68. The second-order valence-electron chi connectivity index (χ2n) is 6.10. The van der Waals surface area contributed by atoms with Crippen LogP contribution in [-0.2, 0) is 6.54 Å². The molecule has 0 spiro atoms. The van der Waals surface area contributed by atoms with E-state index in [0.717, 1.165) is 11.3 Å². The minimum Gasteiger partial charge on any atom is -0.378 e. The first kappa shape index (κ1) is 15.3. The van der Waals surface area contributed by atoms with Gasteiger partial charge in [0.2, 0.25) is 0 Å². The van der Waals surface area contributed by atoms with Gasteiger partial charge < -0.3 is 10.2 Å². The van der Waals surface area contributed by atoms with E-state index in [0.29, 0.717) is 36.0 Å². The molecular formula is C18H18N6O. The van der Waals surface area contributed by atoms with Crippen molar-refractivity contribution >= 4 is 11.6 Å². The van der Waals surface area contributed by atoms with E-state index in [9.17, 15) is 4.79 Å². The quantitative estimate of drug-likeness (QED) is 0.791. The normalized spacial score (nSPS) is 13.3. The number of aromatic nitrogens is 4. The van der Waals surface area contributed by atoms with Crippen molar-refractivity contribution in [3.63, 3.8) is 0 Å². The average Bonchev–Trinajstić information content (AvgIpc) is 3.08.